The average molecular weight is 351 g/mol. The Morgan fingerprint density at radius 1 is 1.19 bits per heavy atom. The van der Waals surface area contributed by atoms with Gasteiger partial charge in [-0.3, -0.25) is 9.58 Å². The van der Waals surface area contributed by atoms with E-state index in [2.05, 4.69) is 53.5 Å². The Balaban J connectivity index is 1.33. The van der Waals surface area contributed by atoms with Crippen molar-refractivity contribution in [3.63, 3.8) is 0 Å². The molecule has 0 bridgehead atoms. The van der Waals surface area contributed by atoms with Crippen LogP contribution in [0.5, 0.6) is 0 Å². The van der Waals surface area contributed by atoms with Gasteiger partial charge in [-0.25, -0.2) is 0 Å². The maximum Gasteiger partial charge on any atom is 0.0896 e. The number of rotatable bonds is 5. The van der Waals surface area contributed by atoms with Gasteiger partial charge in [0.25, 0.3) is 0 Å². The van der Waals surface area contributed by atoms with Crippen LogP contribution in [0.4, 0.5) is 0 Å². The average Bonchev–Trinajstić information content (AvgIpc) is 3.26. The van der Waals surface area contributed by atoms with Crippen molar-refractivity contribution in [2.75, 3.05) is 19.7 Å². The van der Waals surface area contributed by atoms with E-state index in [-0.39, 0.29) is 6.10 Å². The summed E-state index contributed by atoms with van der Waals surface area (Å²) in [6.45, 7) is 6.34. The normalized spacial score (nSPS) is 30.3. The van der Waals surface area contributed by atoms with Crippen molar-refractivity contribution in [2.24, 2.45) is 11.3 Å². The fourth-order valence-electron chi connectivity index (χ4n) is 5.48. The van der Waals surface area contributed by atoms with Gasteiger partial charge in [-0.05, 0) is 31.7 Å². The molecule has 2 saturated heterocycles. The first kappa shape index (κ1) is 16.5. The summed E-state index contributed by atoms with van der Waals surface area (Å²) in [5, 5.41) is 4.46. The summed E-state index contributed by atoms with van der Waals surface area (Å²) in [7, 11) is 0. The number of hydrogen-bond donors (Lipinski definition) is 0. The smallest absolute Gasteiger partial charge is 0.0896 e. The predicted molar refractivity (Wildman–Crippen MR) is 102 cm³/mol. The topological polar surface area (TPSA) is 30.3 Å². The standard InChI is InChI=1S/C22H29N3O/c1-2-25-15-19(13-23-25)20-18(9-12-26-20)14-24-16-22(10-6-11-22)21(24)17-7-4-3-5-8-17/h3-5,7-8,13,15,18,20-21H,2,6,9-12,14,16H2,1H3/t18-,20+,21?/m0/s1. The molecule has 3 fully saturated rings. The van der Waals surface area contributed by atoms with Crippen LogP contribution in [0.3, 0.4) is 0 Å². The van der Waals surface area contributed by atoms with E-state index in [1.165, 1.54) is 36.9 Å². The van der Waals surface area contributed by atoms with Crippen molar-refractivity contribution < 1.29 is 4.74 Å². The molecule has 0 N–H and O–H groups in total. The van der Waals surface area contributed by atoms with E-state index in [0.717, 1.165) is 26.1 Å². The van der Waals surface area contributed by atoms with E-state index >= 15 is 0 Å². The minimum Gasteiger partial charge on any atom is -0.373 e. The highest BCUT2D eigenvalue weighted by Gasteiger charge is 2.56. The first-order valence-electron chi connectivity index (χ1n) is 10.2. The number of aromatic nitrogens is 2. The van der Waals surface area contributed by atoms with E-state index in [1.54, 1.807) is 0 Å². The molecule has 3 heterocycles. The van der Waals surface area contributed by atoms with Gasteiger partial charge >= 0.3 is 0 Å². The Labute approximate surface area is 156 Å². The van der Waals surface area contributed by atoms with E-state index in [4.69, 9.17) is 4.74 Å². The molecular formula is C22H29N3O. The molecule has 2 aromatic rings. The molecule has 1 aliphatic carbocycles. The maximum absolute atomic E-state index is 6.13. The Morgan fingerprint density at radius 2 is 2.04 bits per heavy atom. The molecule has 3 atom stereocenters. The zero-order valence-electron chi connectivity index (χ0n) is 15.7. The third kappa shape index (κ3) is 2.62. The maximum atomic E-state index is 6.13. The van der Waals surface area contributed by atoms with Crippen LogP contribution in [-0.2, 0) is 11.3 Å². The second-order valence-corrected chi connectivity index (χ2v) is 8.43. The van der Waals surface area contributed by atoms with Crippen LogP contribution in [0.1, 0.15) is 55.9 Å². The highest BCUT2D eigenvalue weighted by Crippen LogP contribution is 2.60. The van der Waals surface area contributed by atoms with Gasteiger partial charge in [0.05, 0.1) is 12.3 Å². The van der Waals surface area contributed by atoms with Crippen LogP contribution in [0.2, 0.25) is 0 Å². The fourth-order valence-corrected chi connectivity index (χ4v) is 5.48. The lowest BCUT2D eigenvalue weighted by atomic mass is 9.56. The summed E-state index contributed by atoms with van der Waals surface area (Å²) in [4.78, 5) is 2.73. The summed E-state index contributed by atoms with van der Waals surface area (Å²) in [6.07, 6.45) is 9.75. The molecule has 1 aromatic heterocycles. The Bertz CT molecular complexity index is 752. The molecule has 1 spiro atoms. The third-order valence-electron chi connectivity index (χ3n) is 6.92. The van der Waals surface area contributed by atoms with Crippen LogP contribution in [0.25, 0.3) is 0 Å². The van der Waals surface area contributed by atoms with Crippen molar-refractivity contribution in [2.45, 2.75) is 51.3 Å². The zero-order valence-corrected chi connectivity index (χ0v) is 15.7. The fraction of sp³-hybridized carbons (Fsp3) is 0.591. The van der Waals surface area contributed by atoms with Crippen molar-refractivity contribution in [1.29, 1.82) is 0 Å². The summed E-state index contributed by atoms with van der Waals surface area (Å²) in [6, 6.07) is 11.8. The van der Waals surface area contributed by atoms with Crippen LogP contribution < -0.4 is 0 Å². The predicted octanol–water partition coefficient (Wildman–Crippen LogP) is 4.21. The molecule has 1 aromatic carbocycles. The zero-order chi connectivity index (χ0) is 17.6. The van der Waals surface area contributed by atoms with E-state index < -0.39 is 0 Å². The van der Waals surface area contributed by atoms with Gasteiger partial charge in [0.2, 0.25) is 0 Å². The third-order valence-corrected chi connectivity index (χ3v) is 6.92. The van der Waals surface area contributed by atoms with Crippen LogP contribution in [0, 0.1) is 11.3 Å². The molecule has 26 heavy (non-hydrogen) atoms. The van der Waals surface area contributed by atoms with Gasteiger partial charge in [0.1, 0.15) is 0 Å². The second kappa shape index (κ2) is 6.50. The SMILES string of the molecule is CCn1cc([C@@H]2OCC[C@H]2CN2CC3(CCC3)C2c2ccccc2)cn1. The van der Waals surface area contributed by atoms with Gasteiger partial charge in [0.15, 0.2) is 0 Å². The van der Waals surface area contributed by atoms with Crippen LogP contribution in [0.15, 0.2) is 42.7 Å². The summed E-state index contributed by atoms with van der Waals surface area (Å²) in [5.41, 5.74) is 3.32. The van der Waals surface area contributed by atoms with Crippen molar-refractivity contribution in [1.82, 2.24) is 14.7 Å². The van der Waals surface area contributed by atoms with Crippen molar-refractivity contribution >= 4 is 0 Å². The van der Waals surface area contributed by atoms with Gasteiger partial charge < -0.3 is 4.74 Å². The number of benzene rings is 1. The first-order chi connectivity index (χ1) is 12.8. The molecule has 0 radical (unpaired) electrons. The Morgan fingerprint density at radius 3 is 2.73 bits per heavy atom. The van der Waals surface area contributed by atoms with Crippen molar-refractivity contribution in [3.05, 3.63) is 53.9 Å². The molecule has 1 saturated carbocycles. The second-order valence-electron chi connectivity index (χ2n) is 8.43. The molecule has 2 aliphatic heterocycles. The number of ether oxygens (including phenoxy) is 1. The quantitative estimate of drug-likeness (QED) is 0.808. The van der Waals surface area contributed by atoms with E-state index in [9.17, 15) is 0 Å². The minimum absolute atomic E-state index is 0.213. The lowest BCUT2D eigenvalue weighted by molar-refractivity contribution is -0.137. The van der Waals surface area contributed by atoms with Gasteiger partial charge in [-0.2, -0.15) is 5.10 Å². The molecule has 4 nitrogen and oxygen atoms in total. The Hall–Kier alpha value is -1.65. The minimum atomic E-state index is 0.213. The summed E-state index contributed by atoms with van der Waals surface area (Å²) >= 11 is 0. The van der Waals surface area contributed by atoms with E-state index in [0.29, 0.717) is 17.4 Å². The summed E-state index contributed by atoms with van der Waals surface area (Å²) < 4.78 is 8.14. The van der Waals surface area contributed by atoms with E-state index in [1.807, 2.05) is 10.9 Å². The molecule has 3 aliphatic rings. The van der Waals surface area contributed by atoms with Crippen LogP contribution in [-0.4, -0.2) is 34.4 Å². The number of nitrogens with zero attached hydrogens (tertiary/aromatic N) is 3. The lowest BCUT2D eigenvalue weighted by Gasteiger charge is -2.63. The van der Waals surface area contributed by atoms with Crippen molar-refractivity contribution in [3.8, 4) is 0 Å². The molecule has 5 rings (SSSR count). The number of likely N-dealkylation sites (tertiary alicyclic amines) is 1. The molecular weight excluding hydrogens is 322 g/mol. The molecule has 4 heteroatoms. The van der Waals surface area contributed by atoms with Gasteiger partial charge in [-0.1, -0.05) is 36.8 Å². The van der Waals surface area contributed by atoms with Crippen LogP contribution >= 0.6 is 0 Å². The van der Waals surface area contributed by atoms with Gasteiger partial charge in [-0.15, -0.1) is 0 Å². The highest BCUT2D eigenvalue weighted by molar-refractivity contribution is 5.27. The Kier molecular flexibility index (Phi) is 4.13. The highest BCUT2D eigenvalue weighted by atomic mass is 16.5. The lowest BCUT2D eigenvalue weighted by Crippen LogP contribution is -2.62. The monoisotopic (exact) mass is 351 g/mol. The number of hydrogen-bond acceptors (Lipinski definition) is 3. The molecule has 1 unspecified atom stereocenters. The molecule has 138 valence electrons. The van der Waals surface area contributed by atoms with Gasteiger partial charge in [0, 0.05) is 55.4 Å². The first-order valence-corrected chi connectivity index (χ1v) is 10.2. The largest absolute Gasteiger partial charge is 0.373 e. The number of aryl methyl sites for hydroxylation is 1. The summed E-state index contributed by atoms with van der Waals surface area (Å²) in [5.74, 6) is 0.577. The molecule has 0 amide bonds.